The molecule has 33 heavy (non-hydrogen) atoms. The van der Waals surface area contributed by atoms with Crippen LogP contribution in [0.3, 0.4) is 0 Å². The second-order valence-corrected chi connectivity index (χ2v) is 8.14. The Labute approximate surface area is 193 Å². The number of carbonyl (C=O) groups excluding carboxylic acids is 2. The summed E-state index contributed by atoms with van der Waals surface area (Å²) in [5.41, 5.74) is 2.58. The van der Waals surface area contributed by atoms with Crippen molar-refractivity contribution >= 4 is 12.0 Å². The Kier molecular flexibility index (Phi) is 7.40. The highest BCUT2D eigenvalue weighted by atomic mass is 16.6. The van der Waals surface area contributed by atoms with Gasteiger partial charge in [-0.3, -0.25) is 4.79 Å². The number of aromatic nitrogens is 1. The number of nitrogens with zero attached hydrogens (tertiary/aromatic N) is 2. The number of benzene rings is 2. The summed E-state index contributed by atoms with van der Waals surface area (Å²) in [6.45, 7) is 2.98. The molecule has 2 aromatic carbocycles. The van der Waals surface area contributed by atoms with Gasteiger partial charge in [-0.25, -0.2) is 9.69 Å². The first-order chi connectivity index (χ1) is 16.2. The first-order valence-corrected chi connectivity index (χ1v) is 11.3. The molecule has 0 N–H and O–H groups in total. The fraction of sp³-hybridized carbons (Fsp3) is 0.346. The van der Waals surface area contributed by atoms with E-state index in [4.69, 9.17) is 14.0 Å². The van der Waals surface area contributed by atoms with Crippen molar-refractivity contribution < 1.29 is 23.6 Å². The molecule has 2 atom stereocenters. The molecule has 0 saturated carbocycles. The molecule has 0 spiro atoms. The van der Waals surface area contributed by atoms with Crippen molar-refractivity contribution in [3.63, 3.8) is 0 Å². The summed E-state index contributed by atoms with van der Waals surface area (Å²) >= 11 is 0. The first kappa shape index (κ1) is 22.6. The lowest BCUT2D eigenvalue weighted by atomic mass is 9.91. The summed E-state index contributed by atoms with van der Waals surface area (Å²) in [7, 11) is 0. The van der Waals surface area contributed by atoms with Gasteiger partial charge in [0.1, 0.15) is 18.6 Å². The largest absolute Gasteiger partial charge is 0.494 e. The fourth-order valence-corrected chi connectivity index (χ4v) is 4.00. The highest BCUT2D eigenvalue weighted by Crippen LogP contribution is 2.30. The molecule has 4 rings (SSSR count). The van der Waals surface area contributed by atoms with E-state index in [1.54, 1.807) is 6.07 Å². The lowest BCUT2D eigenvalue weighted by Gasteiger charge is -2.22. The van der Waals surface area contributed by atoms with Gasteiger partial charge in [-0.05, 0) is 36.1 Å². The number of hydrogen-bond acceptors (Lipinski definition) is 6. The van der Waals surface area contributed by atoms with Gasteiger partial charge in [0.05, 0.1) is 18.3 Å². The molecule has 7 heteroatoms. The summed E-state index contributed by atoms with van der Waals surface area (Å²) in [6, 6.07) is 18.8. The molecule has 0 aliphatic carbocycles. The van der Waals surface area contributed by atoms with Crippen LogP contribution in [0.2, 0.25) is 0 Å². The minimum atomic E-state index is -0.598. The molecule has 1 aliphatic rings. The van der Waals surface area contributed by atoms with Gasteiger partial charge in [0.15, 0.2) is 0 Å². The summed E-state index contributed by atoms with van der Waals surface area (Å²) in [5.74, 6) is 0.130. The Morgan fingerprint density at radius 1 is 1.15 bits per heavy atom. The lowest BCUT2D eigenvalue weighted by molar-refractivity contribution is -0.129. The van der Waals surface area contributed by atoms with Crippen molar-refractivity contribution in [1.29, 1.82) is 0 Å². The van der Waals surface area contributed by atoms with Crippen molar-refractivity contribution in [1.82, 2.24) is 10.1 Å². The summed E-state index contributed by atoms with van der Waals surface area (Å²) in [4.78, 5) is 27.0. The molecule has 3 aromatic rings. The maximum absolute atomic E-state index is 13.3. The molecular formula is C26H28N2O5. The first-order valence-electron chi connectivity index (χ1n) is 11.3. The van der Waals surface area contributed by atoms with E-state index < -0.39 is 6.09 Å². The molecule has 0 radical (unpaired) electrons. The van der Waals surface area contributed by atoms with Gasteiger partial charge in [0, 0.05) is 18.4 Å². The van der Waals surface area contributed by atoms with Crippen molar-refractivity contribution in [2.24, 2.45) is 0 Å². The second kappa shape index (κ2) is 10.8. The molecule has 2 amide bonds. The number of imide groups is 1. The standard InChI is InChI=1S/C26H28N2O5/c1-2-3-14-31-22-11-9-20(10-12-22)23(24-13-15-33-27-24)17-25(29)28-21(18-32-26(28)30)16-19-7-5-4-6-8-19/h4-13,15,21,23H,2-3,14,16-18H2,1H3/t21-,23-/m0/s1. The number of unbranched alkanes of at least 4 members (excludes halogenated alkanes) is 1. The number of rotatable bonds is 10. The molecule has 1 aliphatic heterocycles. The number of hydrogen-bond donors (Lipinski definition) is 0. The lowest BCUT2D eigenvalue weighted by Crippen LogP contribution is -2.40. The van der Waals surface area contributed by atoms with E-state index in [9.17, 15) is 9.59 Å². The van der Waals surface area contributed by atoms with Crippen molar-refractivity contribution in [3.05, 3.63) is 83.7 Å². The van der Waals surface area contributed by atoms with Crippen LogP contribution in [0.5, 0.6) is 5.75 Å². The molecule has 0 bridgehead atoms. The molecule has 1 aromatic heterocycles. The highest BCUT2D eigenvalue weighted by molar-refractivity contribution is 5.94. The molecule has 0 unspecified atom stereocenters. The maximum atomic E-state index is 13.3. The van der Waals surface area contributed by atoms with E-state index in [-0.39, 0.29) is 30.9 Å². The van der Waals surface area contributed by atoms with Crippen LogP contribution >= 0.6 is 0 Å². The van der Waals surface area contributed by atoms with Crippen LogP contribution < -0.4 is 4.74 Å². The van der Waals surface area contributed by atoms with Crippen LogP contribution in [-0.2, 0) is 16.0 Å². The molecule has 1 saturated heterocycles. The van der Waals surface area contributed by atoms with Crippen molar-refractivity contribution in [2.75, 3.05) is 13.2 Å². The van der Waals surface area contributed by atoms with E-state index >= 15 is 0 Å². The normalized spacial score (nSPS) is 16.5. The van der Waals surface area contributed by atoms with Gasteiger partial charge < -0.3 is 14.0 Å². The van der Waals surface area contributed by atoms with Gasteiger partial charge in [0.25, 0.3) is 0 Å². The van der Waals surface area contributed by atoms with E-state index in [1.807, 2.05) is 54.6 Å². The second-order valence-electron chi connectivity index (χ2n) is 8.14. The predicted octanol–water partition coefficient (Wildman–Crippen LogP) is 4.97. The minimum Gasteiger partial charge on any atom is -0.494 e. The van der Waals surface area contributed by atoms with Crippen LogP contribution in [0.15, 0.2) is 71.4 Å². The Morgan fingerprint density at radius 2 is 1.94 bits per heavy atom. The van der Waals surface area contributed by atoms with Crippen LogP contribution in [0, 0.1) is 0 Å². The molecule has 7 nitrogen and oxygen atoms in total. The summed E-state index contributed by atoms with van der Waals surface area (Å²) in [6.07, 6.45) is 3.57. The van der Waals surface area contributed by atoms with Gasteiger partial charge in [-0.15, -0.1) is 0 Å². The zero-order valence-electron chi connectivity index (χ0n) is 18.7. The van der Waals surface area contributed by atoms with Crippen LogP contribution in [0.25, 0.3) is 0 Å². The molecule has 1 fully saturated rings. The maximum Gasteiger partial charge on any atom is 0.416 e. The zero-order chi connectivity index (χ0) is 23.0. The number of carbonyl (C=O) groups is 2. The zero-order valence-corrected chi connectivity index (χ0v) is 18.7. The van der Waals surface area contributed by atoms with Gasteiger partial charge in [0.2, 0.25) is 5.91 Å². The van der Waals surface area contributed by atoms with Crippen molar-refractivity contribution in [3.8, 4) is 5.75 Å². The van der Waals surface area contributed by atoms with E-state index in [0.29, 0.717) is 18.7 Å². The molecule has 2 heterocycles. The average molecular weight is 449 g/mol. The highest BCUT2D eigenvalue weighted by Gasteiger charge is 2.39. The molecule has 172 valence electrons. The minimum absolute atomic E-state index is 0.0724. The third-order valence-corrected chi connectivity index (χ3v) is 5.79. The van der Waals surface area contributed by atoms with Crippen LogP contribution in [-0.4, -0.2) is 41.3 Å². The van der Waals surface area contributed by atoms with E-state index in [0.717, 1.165) is 29.7 Å². The fourth-order valence-electron chi connectivity index (χ4n) is 4.00. The molecular weight excluding hydrogens is 420 g/mol. The third-order valence-electron chi connectivity index (χ3n) is 5.79. The quantitative estimate of drug-likeness (QED) is 0.408. The van der Waals surface area contributed by atoms with Crippen LogP contribution in [0.1, 0.15) is 48.9 Å². The van der Waals surface area contributed by atoms with E-state index in [1.165, 1.54) is 11.2 Å². The smallest absolute Gasteiger partial charge is 0.416 e. The average Bonchev–Trinajstić information content (AvgIpc) is 3.49. The topological polar surface area (TPSA) is 81.9 Å². The predicted molar refractivity (Wildman–Crippen MR) is 122 cm³/mol. The third kappa shape index (κ3) is 5.61. The van der Waals surface area contributed by atoms with Gasteiger partial charge in [-0.2, -0.15) is 0 Å². The Balaban J connectivity index is 1.50. The monoisotopic (exact) mass is 448 g/mol. The van der Waals surface area contributed by atoms with E-state index in [2.05, 4.69) is 12.1 Å². The Bertz CT molecular complexity index is 1030. The SMILES string of the molecule is CCCCOc1ccc([C@H](CC(=O)N2C(=O)OC[C@@H]2Cc2ccccc2)c2ccon2)cc1. The summed E-state index contributed by atoms with van der Waals surface area (Å²) < 4.78 is 16.0. The Morgan fingerprint density at radius 3 is 2.64 bits per heavy atom. The number of ether oxygens (including phenoxy) is 2. The summed E-state index contributed by atoms with van der Waals surface area (Å²) in [5, 5.41) is 4.07. The van der Waals surface area contributed by atoms with Gasteiger partial charge in [-0.1, -0.05) is 61.0 Å². The number of cyclic esters (lactones) is 1. The van der Waals surface area contributed by atoms with Crippen LogP contribution in [0.4, 0.5) is 4.79 Å². The van der Waals surface area contributed by atoms with Gasteiger partial charge >= 0.3 is 6.09 Å². The number of amides is 2. The Hall–Kier alpha value is -3.61. The van der Waals surface area contributed by atoms with Crippen molar-refractivity contribution in [2.45, 2.75) is 44.6 Å².